The Labute approximate surface area is 158 Å². The van der Waals surface area contributed by atoms with E-state index in [1.54, 1.807) is 10.9 Å². The molecule has 1 saturated heterocycles. The lowest BCUT2D eigenvalue weighted by atomic mass is 10.1. The molecule has 27 heavy (non-hydrogen) atoms. The van der Waals surface area contributed by atoms with Gasteiger partial charge in [-0.05, 0) is 44.9 Å². The molecule has 1 aliphatic rings. The first-order valence-electron chi connectivity index (χ1n) is 9.24. The minimum Gasteiger partial charge on any atom is -0.329 e. The smallest absolute Gasteiger partial charge is 0.272 e. The Bertz CT molecular complexity index is 988. The third-order valence-corrected chi connectivity index (χ3v) is 5.41. The van der Waals surface area contributed by atoms with Gasteiger partial charge in [0.2, 0.25) is 0 Å². The number of pyridine rings is 1. The SMILES string of the molecule is Cc1nn(C)c(C)c1-c1cc(C(=O)N2CCC[C@H]2c2ccccn2)n(C)n1. The molecule has 0 saturated carbocycles. The number of aryl methyl sites for hydroxylation is 3. The molecule has 0 radical (unpaired) electrons. The van der Waals surface area contributed by atoms with Crippen LogP contribution in [0.3, 0.4) is 0 Å². The summed E-state index contributed by atoms with van der Waals surface area (Å²) in [7, 11) is 3.74. The zero-order valence-electron chi connectivity index (χ0n) is 16.2. The number of likely N-dealkylation sites (tertiary alicyclic amines) is 1. The van der Waals surface area contributed by atoms with Gasteiger partial charge >= 0.3 is 0 Å². The largest absolute Gasteiger partial charge is 0.329 e. The van der Waals surface area contributed by atoms with E-state index >= 15 is 0 Å². The molecule has 4 rings (SSSR count). The molecule has 1 atom stereocenters. The van der Waals surface area contributed by atoms with Crippen molar-refractivity contribution in [3.8, 4) is 11.3 Å². The lowest BCUT2D eigenvalue weighted by Gasteiger charge is -2.24. The van der Waals surface area contributed by atoms with E-state index in [0.717, 1.165) is 47.7 Å². The monoisotopic (exact) mass is 364 g/mol. The van der Waals surface area contributed by atoms with Crippen molar-refractivity contribution in [1.29, 1.82) is 0 Å². The van der Waals surface area contributed by atoms with Gasteiger partial charge in [0.15, 0.2) is 0 Å². The maximum Gasteiger partial charge on any atom is 0.272 e. The van der Waals surface area contributed by atoms with Gasteiger partial charge in [-0.3, -0.25) is 19.1 Å². The van der Waals surface area contributed by atoms with Crippen molar-refractivity contribution >= 4 is 5.91 Å². The molecule has 3 aromatic heterocycles. The number of hydrogen-bond acceptors (Lipinski definition) is 4. The van der Waals surface area contributed by atoms with Crippen LogP contribution in [0.2, 0.25) is 0 Å². The summed E-state index contributed by atoms with van der Waals surface area (Å²) in [6, 6.07) is 7.77. The molecule has 0 aromatic carbocycles. The highest BCUT2D eigenvalue weighted by atomic mass is 16.2. The van der Waals surface area contributed by atoms with Crippen LogP contribution in [0.5, 0.6) is 0 Å². The molecule has 7 nitrogen and oxygen atoms in total. The number of carbonyl (C=O) groups is 1. The molecule has 3 aromatic rings. The second-order valence-electron chi connectivity index (χ2n) is 7.12. The molecule has 4 heterocycles. The van der Waals surface area contributed by atoms with E-state index in [1.165, 1.54) is 0 Å². The third kappa shape index (κ3) is 2.93. The number of carbonyl (C=O) groups excluding carboxylic acids is 1. The number of nitrogens with zero attached hydrogens (tertiary/aromatic N) is 6. The maximum absolute atomic E-state index is 13.3. The van der Waals surface area contributed by atoms with Crippen LogP contribution in [-0.4, -0.2) is 41.9 Å². The van der Waals surface area contributed by atoms with Crippen LogP contribution in [-0.2, 0) is 14.1 Å². The van der Waals surface area contributed by atoms with Crippen LogP contribution >= 0.6 is 0 Å². The summed E-state index contributed by atoms with van der Waals surface area (Å²) in [5.41, 5.74) is 5.28. The first kappa shape index (κ1) is 17.5. The Morgan fingerprint density at radius 2 is 1.96 bits per heavy atom. The van der Waals surface area contributed by atoms with E-state index in [4.69, 9.17) is 0 Å². The predicted octanol–water partition coefficient (Wildman–Crippen LogP) is 2.81. The van der Waals surface area contributed by atoms with Crippen molar-refractivity contribution in [2.24, 2.45) is 14.1 Å². The molecule has 1 amide bonds. The van der Waals surface area contributed by atoms with Crippen molar-refractivity contribution in [3.63, 3.8) is 0 Å². The summed E-state index contributed by atoms with van der Waals surface area (Å²) in [6.45, 7) is 4.73. The Morgan fingerprint density at radius 3 is 2.63 bits per heavy atom. The molecule has 0 unspecified atom stereocenters. The van der Waals surface area contributed by atoms with Crippen LogP contribution in [0.15, 0.2) is 30.5 Å². The van der Waals surface area contributed by atoms with Crippen molar-refractivity contribution in [2.75, 3.05) is 6.54 Å². The third-order valence-electron chi connectivity index (χ3n) is 5.41. The van der Waals surface area contributed by atoms with Crippen molar-refractivity contribution in [2.45, 2.75) is 32.7 Å². The van der Waals surface area contributed by atoms with E-state index in [9.17, 15) is 4.79 Å². The van der Waals surface area contributed by atoms with Crippen LogP contribution in [0.4, 0.5) is 0 Å². The average Bonchev–Trinajstić information content (AvgIpc) is 3.34. The first-order valence-corrected chi connectivity index (χ1v) is 9.24. The highest BCUT2D eigenvalue weighted by Crippen LogP contribution is 2.33. The van der Waals surface area contributed by atoms with Gasteiger partial charge in [-0.1, -0.05) is 6.07 Å². The van der Waals surface area contributed by atoms with Crippen molar-refractivity contribution in [1.82, 2.24) is 29.4 Å². The normalized spacial score (nSPS) is 16.9. The second kappa shape index (κ2) is 6.64. The Balaban J connectivity index is 1.68. The van der Waals surface area contributed by atoms with Gasteiger partial charge in [0.1, 0.15) is 5.69 Å². The van der Waals surface area contributed by atoms with E-state index in [1.807, 2.05) is 61.8 Å². The van der Waals surface area contributed by atoms with Crippen LogP contribution < -0.4 is 0 Å². The molecule has 140 valence electrons. The van der Waals surface area contributed by atoms with Crippen LogP contribution in [0.25, 0.3) is 11.3 Å². The minimum atomic E-state index is 0.00333. The summed E-state index contributed by atoms with van der Waals surface area (Å²) in [5, 5.41) is 9.07. The zero-order valence-corrected chi connectivity index (χ0v) is 16.2. The van der Waals surface area contributed by atoms with Gasteiger partial charge in [0.25, 0.3) is 5.91 Å². The fourth-order valence-corrected chi connectivity index (χ4v) is 3.97. The van der Waals surface area contributed by atoms with Crippen molar-refractivity contribution < 1.29 is 4.79 Å². The molecule has 0 aliphatic carbocycles. The van der Waals surface area contributed by atoms with Gasteiger partial charge in [0, 0.05) is 38.1 Å². The quantitative estimate of drug-likeness (QED) is 0.717. The van der Waals surface area contributed by atoms with E-state index in [2.05, 4.69) is 15.2 Å². The molecule has 1 aliphatic heterocycles. The number of rotatable bonds is 3. The van der Waals surface area contributed by atoms with Crippen LogP contribution in [0.1, 0.15) is 46.5 Å². The number of aromatic nitrogens is 5. The molecule has 0 N–H and O–H groups in total. The summed E-state index contributed by atoms with van der Waals surface area (Å²) in [6.07, 6.45) is 3.71. The second-order valence-corrected chi connectivity index (χ2v) is 7.12. The Kier molecular flexibility index (Phi) is 4.30. The predicted molar refractivity (Wildman–Crippen MR) is 102 cm³/mol. The van der Waals surface area contributed by atoms with E-state index in [-0.39, 0.29) is 11.9 Å². The highest BCUT2D eigenvalue weighted by Gasteiger charge is 2.33. The Morgan fingerprint density at radius 1 is 1.15 bits per heavy atom. The molecule has 0 bridgehead atoms. The van der Waals surface area contributed by atoms with E-state index in [0.29, 0.717) is 5.69 Å². The van der Waals surface area contributed by atoms with Gasteiger partial charge in [-0.25, -0.2) is 0 Å². The van der Waals surface area contributed by atoms with Gasteiger partial charge < -0.3 is 4.90 Å². The molecule has 1 fully saturated rings. The van der Waals surface area contributed by atoms with Crippen LogP contribution in [0, 0.1) is 13.8 Å². The lowest BCUT2D eigenvalue weighted by molar-refractivity contribution is 0.0721. The first-order chi connectivity index (χ1) is 13.0. The van der Waals surface area contributed by atoms with E-state index < -0.39 is 0 Å². The Hall–Kier alpha value is -2.96. The lowest BCUT2D eigenvalue weighted by Crippen LogP contribution is -2.32. The summed E-state index contributed by atoms with van der Waals surface area (Å²) < 4.78 is 3.52. The fraction of sp³-hybridized carbons (Fsp3) is 0.400. The fourth-order valence-electron chi connectivity index (χ4n) is 3.97. The number of amides is 1. The average molecular weight is 364 g/mol. The maximum atomic E-state index is 13.3. The number of hydrogen-bond donors (Lipinski definition) is 0. The highest BCUT2D eigenvalue weighted by molar-refractivity contribution is 5.94. The van der Waals surface area contributed by atoms with Gasteiger partial charge in [0.05, 0.1) is 23.1 Å². The standard InChI is InChI=1S/C20H24N6O/c1-13-19(14(2)24(3)22-13)16-12-18(25(4)23-16)20(27)26-11-7-9-17(26)15-8-5-6-10-21-15/h5-6,8,10,12,17H,7,9,11H2,1-4H3/t17-/m0/s1. The molecule has 7 heteroatoms. The zero-order chi connectivity index (χ0) is 19.1. The minimum absolute atomic E-state index is 0.00333. The summed E-state index contributed by atoms with van der Waals surface area (Å²) >= 11 is 0. The molecular formula is C20H24N6O. The summed E-state index contributed by atoms with van der Waals surface area (Å²) in [5.74, 6) is 0.00333. The molecule has 0 spiro atoms. The van der Waals surface area contributed by atoms with Gasteiger partial charge in [-0.15, -0.1) is 0 Å². The summed E-state index contributed by atoms with van der Waals surface area (Å²) in [4.78, 5) is 19.7. The van der Waals surface area contributed by atoms with Crippen molar-refractivity contribution in [3.05, 3.63) is 53.2 Å². The topological polar surface area (TPSA) is 68.8 Å². The molecular weight excluding hydrogens is 340 g/mol. The van der Waals surface area contributed by atoms with Gasteiger partial charge in [-0.2, -0.15) is 10.2 Å².